The molecule has 0 aliphatic carbocycles. The molecule has 1 aromatic heterocycles. The maximum absolute atomic E-state index is 11.1. The summed E-state index contributed by atoms with van der Waals surface area (Å²) in [6.45, 7) is 0. The van der Waals surface area contributed by atoms with Crippen LogP contribution in [0, 0.1) is 0 Å². The van der Waals surface area contributed by atoms with E-state index in [0.717, 1.165) is 0 Å². The van der Waals surface area contributed by atoms with Crippen LogP contribution in [-0.4, -0.2) is 26.8 Å². The largest absolute Gasteiger partial charge is 0.296 e. The van der Waals surface area contributed by atoms with Crippen molar-refractivity contribution in [1.29, 1.82) is 0 Å². The van der Waals surface area contributed by atoms with Gasteiger partial charge >= 0.3 is 0 Å². The second kappa shape index (κ2) is 2.08. The maximum atomic E-state index is 11.1. The number of nitrogens with two attached hydrogens (primary N) is 1. The zero-order valence-corrected chi connectivity index (χ0v) is 5.89. The molecule has 0 atom stereocenters. The van der Waals surface area contributed by atoms with Crippen molar-refractivity contribution < 1.29 is 9.59 Å². The molecule has 0 spiro atoms. The van der Waals surface area contributed by atoms with E-state index in [4.69, 9.17) is 5.84 Å². The fourth-order valence-corrected chi connectivity index (χ4v) is 0.971. The van der Waals surface area contributed by atoms with Crippen molar-refractivity contribution in [3.8, 4) is 0 Å². The van der Waals surface area contributed by atoms with Crippen molar-refractivity contribution in [2.45, 2.75) is 0 Å². The van der Waals surface area contributed by atoms with Crippen molar-refractivity contribution >= 4 is 11.8 Å². The van der Waals surface area contributed by atoms with Crippen molar-refractivity contribution in [2.75, 3.05) is 0 Å². The Bertz CT molecular complexity index is 341. The van der Waals surface area contributed by atoms with Gasteiger partial charge in [-0.2, -0.15) is 0 Å². The molecule has 2 heterocycles. The van der Waals surface area contributed by atoms with E-state index in [-0.39, 0.29) is 11.4 Å². The van der Waals surface area contributed by atoms with Gasteiger partial charge in [-0.3, -0.25) is 9.59 Å². The van der Waals surface area contributed by atoms with Crippen LogP contribution in [0.3, 0.4) is 0 Å². The van der Waals surface area contributed by atoms with E-state index < -0.39 is 11.8 Å². The standard InChI is InChI=1S/C6H4N4O2/c7-10-5(11)3-4(6(10)12)9-2-1-8-3/h1-2H,7H2. The van der Waals surface area contributed by atoms with Gasteiger partial charge in [0, 0.05) is 12.4 Å². The predicted octanol–water partition coefficient (Wildman–Crippen LogP) is -1.05. The number of aromatic nitrogens is 2. The smallest absolute Gasteiger partial charge is 0.265 e. The van der Waals surface area contributed by atoms with Gasteiger partial charge in [0.15, 0.2) is 11.4 Å². The van der Waals surface area contributed by atoms with E-state index in [1.807, 2.05) is 0 Å². The number of fused-ring (bicyclic) bond motifs is 1. The lowest BCUT2D eigenvalue weighted by molar-refractivity contribution is 0.0650. The second-order valence-electron chi connectivity index (χ2n) is 2.23. The summed E-state index contributed by atoms with van der Waals surface area (Å²) in [5.41, 5.74) is 0.0370. The average molecular weight is 164 g/mol. The molecule has 6 heteroatoms. The van der Waals surface area contributed by atoms with Gasteiger partial charge in [0.1, 0.15) is 0 Å². The molecular formula is C6H4N4O2. The number of hydrogen-bond acceptors (Lipinski definition) is 5. The van der Waals surface area contributed by atoms with Crippen LogP contribution < -0.4 is 5.84 Å². The third-order valence-electron chi connectivity index (χ3n) is 1.54. The highest BCUT2D eigenvalue weighted by Crippen LogP contribution is 2.13. The van der Waals surface area contributed by atoms with E-state index in [9.17, 15) is 9.59 Å². The molecular weight excluding hydrogens is 160 g/mol. The van der Waals surface area contributed by atoms with Crippen molar-refractivity contribution in [3.05, 3.63) is 23.8 Å². The quantitative estimate of drug-likeness (QED) is 0.300. The summed E-state index contributed by atoms with van der Waals surface area (Å²) in [5, 5.41) is 0.505. The molecule has 60 valence electrons. The molecule has 0 fully saturated rings. The number of nitrogens with zero attached hydrogens (tertiary/aromatic N) is 3. The summed E-state index contributed by atoms with van der Waals surface area (Å²) < 4.78 is 0. The Kier molecular flexibility index (Phi) is 1.19. The first-order chi connectivity index (χ1) is 5.72. The fraction of sp³-hybridized carbons (Fsp3) is 0. The van der Waals surface area contributed by atoms with Crippen LogP contribution in [0.2, 0.25) is 0 Å². The Labute approximate surface area is 67.0 Å². The molecule has 0 unspecified atom stereocenters. The van der Waals surface area contributed by atoms with Gasteiger partial charge in [-0.25, -0.2) is 20.8 Å². The Balaban J connectivity index is 2.67. The highest BCUT2D eigenvalue weighted by molar-refractivity contribution is 6.18. The van der Waals surface area contributed by atoms with Crippen LogP contribution in [-0.2, 0) is 0 Å². The van der Waals surface area contributed by atoms with Crippen LogP contribution in [0.4, 0.5) is 0 Å². The summed E-state index contributed by atoms with van der Waals surface area (Å²) in [6, 6.07) is 0. The summed E-state index contributed by atoms with van der Waals surface area (Å²) in [4.78, 5) is 29.5. The SMILES string of the molecule is NN1C(=O)c2nccnc2C1=O. The lowest BCUT2D eigenvalue weighted by Gasteiger charge is -2.00. The van der Waals surface area contributed by atoms with Gasteiger partial charge in [0.25, 0.3) is 11.8 Å². The van der Waals surface area contributed by atoms with Crippen LogP contribution in [0.1, 0.15) is 21.0 Å². The highest BCUT2D eigenvalue weighted by Gasteiger charge is 2.36. The lowest BCUT2D eigenvalue weighted by atomic mass is 10.3. The van der Waals surface area contributed by atoms with Gasteiger partial charge < -0.3 is 0 Å². The first-order valence-electron chi connectivity index (χ1n) is 3.16. The lowest BCUT2D eigenvalue weighted by Crippen LogP contribution is -2.36. The summed E-state index contributed by atoms with van der Waals surface area (Å²) >= 11 is 0. The monoisotopic (exact) mass is 164 g/mol. The maximum Gasteiger partial charge on any atom is 0.296 e. The molecule has 1 aliphatic heterocycles. The number of imide groups is 1. The third kappa shape index (κ3) is 0.665. The van der Waals surface area contributed by atoms with Gasteiger partial charge in [-0.15, -0.1) is 0 Å². The van der Waals surface area contributed by atoms with E-state index in [1.165, 1.54) is 12.4 Å². The Hall–Kier alpha value is -1.82. The number of carbonyl (C=O) groups is 2. The van der Waals surface area contributed by atoms with Crippen LogP contribution >= 0.6 is 0 Å². The Morgan fingerprint density at radius 3 is 1.92 bits per heavy atom. The first kappa shape index (κ1) is 6.86. The summed E-state index contributed by atoms with van der Waals surface area (Å²) in [5.74, 6) is 3.91. The highest BCUT2D eigenvalue weighted by atomic mass is 16.2. The summed E-state index contributed by atoms with van der Waals surface area (Å²) in [6.07, 6.45) is 2.67. The van der Waals surface area contributed by atoms with Gasteiger partial charge in [-0.05, 0) is 0 Å². The van der Waals surface area contributed by atoms with Crippen LogP contribution in [0.5, 0.6) is 0 Å². The minimum absolute atomic E-state index is 0.0185. The molecule has 1 aromatic rings. The molecule has 0 aromatic carbocycles. The normalized spacial score (nSPS) is 15.2. The molecule has 0 bridgehead atoms. The molecule has 6 nitrogen and oxygen atoms in total. The topological polar surface area (TPSA) is 89.2 Å². The molecule has 0 radical (unpaired) electrons. The molecule has 2 rings (SSSR count). The van der Waals surface area contributed by atoms with Gasteiger partial charge in [0.2, 0.25) is 0 Å². The fourth-order valence-electron chi connectivity index (χ4n) is 0.971. The Morgan fingerprint density at radius 1 is 1.08 bits per heavy atom. The molecule has 2 amide bonds. The average Bonchev–Trinajstić information content (AvgIpc) is 2.33. The predicted molar refractivity (Wildman–Crippen MR) is 36.7 cm³/mol. The van der Waals surface area contributed by atoms with Crippen molar-refractivity contribution in [1.82, 2.24) is 15.0 Å². The minimum Gasteiger partial charge on any atom is -0.265 e. The molecule has 2 N–H and O–H groups in total. The molecule has 12 heavy (non-hydrogen) atoms. The second-order valence-corrected chi connectivity index (χ2v) is 2.23. The zero-order valence-electron chi connectivity index (χ0n) is 5.89. The minimum atomic E-state index is -0.608. The molecule has 0 saturated heterocycles. The van der Waals surface area contributed by atoms with E-state index in [2.05, 4.69) is 9.97 Å². The zero-order chi connectivity index (χ0) is 8.72. The Morgan fingerprint density at radius 2 is 1.50 bits per heavy atom. The van der Waals surface area contributed by atoms with E-state index in [0.29, 0.717) is 5.01 Å². The molecule has 1 aliphatic rings. The van der Waals surface area contributed by atoms with Crippen molar-refractivity contribution in [2.24, 2.45) is 5.84 Å². The van der Waals surface area contributed by atoms with Crippen LogP contribution in [0.15, 0.2) is 12.4 Å². The number of hydrazine groups is 1. The number of amides is 2. The van der Waals surface area contributed by atoms with Crippen molar-refractivity contribution in [3.63, 3.8) is 0 Å². The number of rotatable bonds is 0. The van der Waals surface area contributed by atoms with Gasteiger partial charge in [-0.1, -0.05) is 0 Å². The third-order valence-corrected chi connectivity index (χ3v) is 1.54. The van der Waals surface area contributed by atoms with E-state index >= 15 is 0 Å². The first-order valence-corrected chi connectivity index (χ1v) is 3.16. The van der Waals surface area contributed by atoms with Crippen LogP contribution in [0.25, 0.3) is 0 Å². The number of carbonyl (C=O) groups excluding carboxylic acids is 2. The van der Waals surface area contributed by atoms with Gasteiger partial charge in [0.05, 0.1) is 0 Å². The molecule has 0 saturated carbocycles. The van der Waals surface area contributed by atoms with E-state index in [1.54, 1.807) is 0 Å². The number of hydrogen-bond donors (Lipinski definition) is 1. The summed E-state index contributed by atoms with van der Waals surface area (Å²) in [7, 11) is 0.